The number of halogens is 2. The third-order valence-electron chi connectivity index (χ3n) is 1.69. The molecule has 16 heavy (non-hydrogen) atoms. The highest BCUT2D eigenvalue weighted by molar-refractivity contribution is 5.97. The molecule has 0 spiro atoms. The van der Waals surface area contributed by atoms with E-state index in [0.717, 1.165) is 0 Å². The highest BCUT2D eigenvalue weighted by Crippen LogP contribution is 2.13. The molecule has 0 bridgehead atoms. The average molecular weight is 231 g/mol. The lowest BCUT2D eigenvalue weighted by Gasteiger charge is -2.07. The summed E-state index contributed by atoms with van der Waals surface area (Å²) >= 11 is 0. The minimum Gasteiger partial charge on any atom is -0.472 e. The summed E-state index contributed by atoms with van der Waals surface area (Å²) in [5.41, 5.74) is 6.24. The van der Waals surface area contributed by atoms with Crippen LogP contribution in [0.3, 0.4) is 0 Å². The molecule has 0 atom stereocenters. The molecule has 0 aliphatic carbocycles. The van der Waals surface area contributed by atoms with Crippen molar-refractivity contribution < 1.29 is 18.7 Å². The van der Waals surface area contributed by atoms with Gasteiger partial charge in [0, 0.05) is 17.3 Å². The van der Waals surface area contributed by atoms with Gasteiger partial charge in [-0.05, 0) is 13.0 Å². The molecule has 0 unspecified atom stereocenters. The molecule has 0 radical (unpaired) electrons. The lowest BCUT2D eigenvalue weighted by Crippen LogP contribution is -2.15. The fourth-order valence-electron chi connectivity index (χ4n) is 1.07. The molecule has 1 heterocycles. The summed E-state index contributed by atoms with van der Waals surface area (Å²) in [4.78, 5) is 3.87. The Hall–Kier alpha value is -1.92. The first kappa shape index (κ1) is 12.2. The van der Waals surface area contributed by atoms with E-state index in [1.54, 1.807) is 13.0 Å². The minimum atomic E-state index is -2.57. The van der Waals surface area contributed by atoms with Gasteiger partial charge in [-0.2, -0.15) is 0 Å². The van der Waals surface area contributed by atoms with Crippen molar-refractivity contribution in [1.82, 2.24) is 4.98 Å². The van der Waals surface area contributed by atoms with Crippen LogP contribution >= 0.6 is 0 Å². The first-order chi connectivity index (χ1) is 7.52. The lowest BCUT2D eigenvalue weighted by atomic mass is 10.2. The van der Waals surface area contributed by atoms with Crippen LogP contribution in [0.1, 0.15) is 11.3 Å². The van der Waals surface area contributed by atoms with Crippen LogP contribution in [0.4, 0.5) is 8.78 Å². The number of pyridine rings is 1. The Morgan fingerprint density at radius 3 is 2.88 bits per heavy atom. The topological polar surface area (TPSA) is 80.7 Å². The number of rotatable bonds is 4. The Labute approximate surface area is 90.5 Å². The van der Waals surface area contributed by atoms with Crippen molar-refractivity contribution in [2.24, 2.45) is 10.9 Å². The van der Waals surface area contributed by atoms with Crippen molar-refractivity contribution in [1.29, 1.82) is 0 Å². The van der Waals surface area contributed by atoms with E-state index in [0.29, 0.717) is 11.3 Å². The fourth-order valence-corrected chi connectivity index (χ4v) is 1.07. The first-order valence-corrected chi connectivity index (χ1v) is 4.40. The van der Waals surface area contributed by atoms with Crippen LogP contribution < -0.4 is 10.5 Å². The molecule has 0 saturated heterocycles. The third kappa shape index (κ3) is 3.34. The van der Waals surface area contributed by atoms with Crippen molar-refractivity contribution in [3.8, 4) is 5.88 Å². The van der Waals surface area contributed by atoms with Crippen LogP contribution in [0.2, 0.25) is 0 Å². The number of aromatic nitrogens is 1. The maximum absolute atomic E-state index is 11.9. The highest BCUT2D eigenvalue weighted by atomic mass is 19.3. The molecule has 1 rings (SSSR count). The Morgan fingerprint density at radius 1 is 1.62 bits per heavy atom. The van der Waals surface area contributed by atoms with E-state index in [4.69, 9.17) is 15.7 Å². The van der Waals surface area contributed by atoms with Crippen molar-refractivity contribution >= 4 is 5.84 Å². The molecule has 3 N–H and O–H groups in total. The molecular formula is C9H11F2N3O2. The molecule has 1 aromatic heterocycles. The fraction of sp³-hybridized carbons (Fsp3) is 0.333. The largest absolute Gasteiger partial charge is 0.472 e. The number of aryl methyl sites for hydroxylation is 1. The normalized spacial score (nSPS) is 11.9. The zero-order chi connectivity index (χ0) is 12.1. The number of ether oxygens (including phenoxy) is 1. The summed E-state index contributed by atoms with van der Waals surface area (Å²) in [6.07, 6.45) is -2.57. The van der Waals surface area contributed by atoms with Crippen molar-refractivity contribution in [3.05, 3.63) is 23.4 Å². The van der Waals surface area contributed by atoms with Crippen molar-refractivity contribution in [3.63, 3.8) is 0 Å². The van der Waals surface area contributed by atoms with Gasteiger partial charge in [-0.15, -0.1) is 0 Å². The summed E-state index contributed by atoms with van der Waals surface area (Å²) in [6, 6.07) is 2.87. The quantitative estimate of drug-likeness (QED) is 0.352. The van der Waals surface area contributed by atoms with E-state index in [-0.39, 0.29) is 11.7 Å². The van der Waals surface area contributed by atoms with Gasteiger partial charge >= 0.3 is 0 Å². The van der Waals surface area contributed by atoms with Gasteiger partial charge in [0.25, 0.3) is 6.43 Å². The van der Waals surface area contributed by atoms with E-state index in [1.807, 2.05) is 0 Å². The monoisotopic (exact) mass is 231 g/mol. The molecule has 0 aromatic carbocycles. The van der Waals surface area contributed by atoms with E-state index in [9.17, 15) is 8.78 Å². The Balaban J connectivity index is 2.90. The molecule has 0 amide bonds. The van der Waals surface area contributed by atoms with Crippen LogP contribution in [-0.4, -0.2) is 29.1 Å². The van der Waals surface area contributed by atoms with Crippen molar-refractivity contribution in [2.45, 2.75) is 13.3 Å². The zero-order valence-electron chi connectivity index (χ0n) is 8.52. The number of amidine groups is 1. The molecule has 88 valence electrons. The van der Waals surface area contributed by atoms with Crippen LogP contribution in [-0.2, 0) is 0 Å². The summed E-state index contributed by atoms with van der Waals surface area (Å²) < 4.78 is 28.5. The summed E-state index contributed by atoms with van der Waals surface area (Å²) in [5.74, 6) is -0.116. The number of nitrogens with two attached hydrogens (primary N) is 1. The van der Waals surface area contributed by atoms with Gasteiger partial charge in [-0.1, -0.05) is 5.16 Å². The molecule has 1 aromatic rings. The van der Waals surface area contributed by atoms with E-state index in [2.05, 4.69) is 10.1 Å². The van der Waals surface area contributed by atoms with Crippen LogP contribution in [0, 0.1) is 6.92 Å². The number of hydrogen-bond acceptors (Lipinski definition) is 4. The minimum absolute atomic E-state index is 0.0156. The predicted octanol–water partition coefficient (Wildman–Crippen LogP) is 1.13. The van der Waals surface area contributed by atoms with E-state index >= 15 is 0 Å². The first-order valence-electron chi connectivity index (χ1n) is 4.40. The van der Waals surface area contributed by atoms with Crippen LogP contribution in [0.15, 0.2) is 17.3 Å². The molecule has 0 fully saturated rings. The molecule has 5 nitrogen and oxygen atoms in total. The third-order valence-corrected chi connectivity index (χ3v) is 1.69. The average Bonchev–Trinajstić information content (AvgIpc) is 2.24. The van der Waals surface area contributed by atoms with Gasteiger partial charge in [-0.3, -0.25) is 0 Å². The molecule has 0 aliphatic rings. The number of oxime groups is 1. The zero-order valence-corrected chi connectivity index (χ0v) is 8.52. The second-order valence-corrected chi connectivity index (χ2v) is 3.02. The van der Waals surface area contributed by atoms with Gasteiger partial charge < -0.3 is 15.7 Å². The number of nitrogens with zero attached hydrogens (tertiary/aromatic N) is 2. The van der Waals surface area contributed by atoms with Gasteiger partial charge in [0.2, 0.25) is 5.88 Å². The van der Waals surface area contributed by atoms with Gasteiger partial charge in [-0.25, -0.2) is 13.8 Å². The van der Waals surface area contributed by atoms with E-state index < -0.39 is 13.0 Å². The van der Waals surface area contributed by atoms with Gasteiger partial charge in [0.05, 0.1) is 0 Å². The Bertz CT molecular complexity index is 396. The maximum atomic E-state index is 11.9. The standard InChI is InChI=1S/C9H11F2N3O2/c1-5-2-6(9(12)14-15)3-8(13-5)16-4-7(10)11/h2-3,7,15H,4H2,1H3,(H2,12,14). The van der Waals surface area contributed by atoms with Crippen molar-refractivity contribution in [2.75, 3.05) is 6.61 Å². The number of hydrogen-bond donors (Lipinski definition) is 2. The SMILES string of the molecule is Cc1cc(/C(N)=N/O)cc(OCC(F)F)n1. The Kier molecular flexibility index (Phi) is 3.98. The summed E-state index contributed by atoms with van der Waals surface area (Å²) in [7, 11) is 0. The molecule has 0 saturated carbocycles. The maximum Gasteiger partial charge on any atom is 0.272 e. The van der Waals surface area contributed by atoms with Crippen LogP contribution in [0.5, 0.6) is 5.88 Å². The van der Waals surface area contributed by atoms with Gasteiger partial charge in [0.1, 0.15) is 0 Å². The summed E-state index contributed by atoms with van der Waals surface area (Å²) in [5, 5.41) is 11.3. The highest BCUT2D eigenvalue weighted by Gasteiger charge is 2.08. The smallest absolute Gasteiger partial charge is 0.272 e. The Morgan fingerprint density at radius 2 is 2.31 bits per heavy atom. The molecule has 0 aliphatic heterocycles. The predicted molar refractivity (Wildman–Crippen MR) is 53.0 cm³/mol. The summed E-state index contributed by atoms with van der Waals surface area (Å²) in [6.45, 7) is 0.898. The second kappa shape index (κ2) is 5.24. The second-order valence-electron chi connectivity index (χ2n) is 3.02. The lowest BCUT2D eigenvalue weighted by molar-refractivity contribution is 0.0795. The molecular weight excluding hydrogens is 220 g/mol. The van der Waals surface area contributed by atoms with Crippen LogP contribution in [0.25, 0.3) is 0 Å². The van der Waals surface area contributed by atoms with E-state index in [1.165, 1.54) is 6.07 Å². The van der Waals surface area contributed by atoms with Gasteiger partial charge in [0.15, 0.2) is 12.4 Å². The number of alkyl halides is 2. The molecule has 7 heteroatoms.